The zero-order valence-electron chi connectivity index (χ0n) is 14.9. The molecule has 0 spiro atoms. The van der Waals surface area contributed by atoms with Gasteiger partial charge in [-0.05, 0) is 42.5 Å². The number of aromatic nitrogens is 1. The Morgan fingerprint density at radius 1 is 1.23 bits per heavy atom. The first-order valence-electron chi connectivity index (χ1n) is 8.73. The summed E-state index contributed by atoms with van der Waals surface area (Å²) in [6.07, 6.45) is 2.81. The van der Waals surface area contributed by atoms with Crippen molar-refractivity contribution in [3.8, 4) is 0 Å². The highest BCUT2D eigenvalue weighted by molar-refractivity contribution is 5.91. The summed E-state index contributed by atoms with van der Waals surface area (Å²) in [4.78, 5) is 26.0. The molecule has 1 aliphatic rings. The molecule has 4 rings (SSSR count). The largest absolute Gasteiger partial charge is 0.419 e. The van der Waals surface area contributed by atoms with E-state index in [1.807, 2.05) is 13.1 Å². The number of nitrogens with one attached hydrogen (secondary N) is 1. The first-order chi connectivity index (χ1) is 12.5. The predicted octanol–water partition coefficient (Wildman–Crippen LogP) is 3.15. The minimum atomic E-state index is -0.415. The Kier molecular flexibility index (Phi) is 4.03. The molecular formula is C20H21N3O3. The number of anilines is 1. The van der Waals surface area contributed by atoms with Crippen LogP contribution in [0.5, 0.6) is 0 Å². The molecular weight excluding hydrogens is 330 g/mol. The van der Waals surface area contributed by atoms with E-state index in [0.29, 0.717) is 16.8 Å². The van der Waals surface area contributed by atoms with Crippen molar-refractivity contribution in [1.29, 1.82) is 0 Å². The summed E-state index contributed by atoms with van der Waals surface area (Å²) in [5.41, 5.74) is 4.47. The number of likely N-dealkylation sites (N-methyl/N-ethyl adjacent to an activating group) is 1. The fraction of sp³-hybridized carbons (Fsp3) is 0.300. The average Bonchev–Trinajstić information content (AvgIpc) is 2.94. The van der Waals surface area contributed by atoms with E-state index in [-0.39, 0.29) is 12.1 Å². The summed E-state index contributed by atoms with van der Waals surface area (Å²) in [5.74, 6) is -0.415. The Hall–Kier alpha value is -3.02. The number of amides is 2. The SMILES string of the molecule is CN(C(=O)Nc1ccc2c(c1)oc(=O)n2C)C1CCc2ccccc2C1. The van der Waals surface area contributed by atoms with Gasteiger partial charge in [0, 0.05) is 31.9 Å². The van der Waals surface area contributed by atoms with Crippen molar-refractivity contribution < 1.29 is 9.21 Å². The molecule has 0 aliphatic heterocycles. The fourth-order valence-corrected chi connectivity index (χ4v) is 3.60. The number of urea groups is 1. The van der Waals surface area contributed by atoms with E-state index in [1.54, 1.807) is 30.1 Å². The van der Waals surface area contributed by atoms with E-state index in [4.69, 9.17) is 4.42 Å². The molecule has 0 saturated heterocycles. The van der Waals surface area contributed by atoms with E-state index in [9.17, 15) is 9.59 Å². The molecule has 1 heterocycles. The van der Waals surface area contributed by atoms with E-state index in [0.717, 1.165) is 19.3 Å². The molecule has 1 atom stereocenters. The van der Waals surface area contributed by atoms with Crippen molar-refractivity contribution in [1.82, 2.24) is 9.47 Å². The maximum Gasteiger partial charge on any atom is 0.419 e. The van der Waals surface area contributed by atoms with Gasteiger partial charge in [-0.1, -0.05) is 24.3 Å². The van der Waals surface area contributed by atoms with Gasteiger partial charge in [-0.2, -0.15) is 0 Å². The summed E-state index contributed by atoms with van der Waals surface area (Å²) in [7, 11) is 3.48. The fourth-order valence-electron chi connectivity index (χ4n) is 3.60. The van der Waals surface area contributed by atoms with Crippen LogP contribution in [0.4, 0.5) is 10.5 Å². The van der Waals surface area contributed by atoms with E-state index in [1.165, 1.54) is 15.7 Å². The van der Waals surface area contributed by atoms with Gasteiger partial charge in [0.15, 0.2) is 5.58 Å². The van der Waals surface area contributed by atoms with Crippen LogP contribution in [0.2, 0.25) is 0 Å². The minimum Gasteiger partial charge on any atom is -0.408 e. The lowest BCUT2D eigenvalue weighted by molar-refractivity contribution is 0.198. The summed E-state index contributed by atoms with van der Waals surface area (Å²) in [5, 5.41) is 2.90. The van der Waals surface area contributed by atoms with Crippen molar-refractivity contribution >= 4 is 22.8 Å². The smallest absolute Gasteiger partial charge is 0.408 e. The van der Waals surface area contributed by atoms with Crippen molar-refractivity contribution in [2.75, 3.05) is 12.4 Å². The second-order valence-corrected chi connectivity index (χ2v) is 6.82. The van der Waals surface area contributed by atoms with Gasteiger partial charge in [0.1, 0.15) is 0 Å². The number of nitrogens with zero attached hydrogens (tertiary/aromatic N) is 2. The second-order valence-electron chi connectivity index (χ2n) is 6.82. The van der Waals surface area contributed by atoms with Gasteiger partial charge in [0.05, 0.1) is 5.52 Å². The topological polar surface area (TPSA) is 67.5 Å². The number of aryl methyl sites for hydroxylation is 2. The summed E-state index contributed by atoms with van der Waals surface area (Å²) in [6.45, 7) is 0. The van der Waals surface area contributed by atoms with Gasteiger partial charge >= 0.3 is 11.8 Å². The van der Waals surface area contributed by atoms with Crippen LogP contribution >= 0.6 is 0 Å². The van der Waals surface area contributed by atoms with Gasteiger partial charge in [0.25, 0.3) is 0 Å². The molecule has 1 aromatic heterocycles. The lowest BCUT2D eigenvalue weighted by Crippen LogP contribution is -2.42. The molecule has 3 aromatic rings. The summed E-state index contributed by atoms with van der Waals surface area (Å²) in [6, 6.07) is 13.6. The molecule has 134 valence electrons. The number of hydrogen-bond acceptors (Lipinski definition) is 3. The average molecular weight is 351 g/mol. The molecule has 0 fully saturated rings. The summed E-state index contributed by atoms with van der Waals surface area (Å²) < 4.78 is 6.62. The first kappa shape index (κ1) is 16.4. The van der Waals surface area contributed by atoms with Crippen molar-refractivity contribution in [3.63, 3.8) is 0 Å². The molecule has 0 saturated carbocycles. The molecule has 0 bridgehead atoms. The standard InChI is InChI=1S/C20H21N3O3/c1-22(16-9-7-13-5-3-4-6-14(13)11-16)19(24)21-15-8-10-17-18(12-15)26-20(25)23(17)2/h3-6,8,10,12,16H,7,9,11H2,1-2H3,(H,21,24). The Morgan fingerprint density at radius 2 is 2.00 bits per heavy atom. The number of carbonyl (C=O) groups is 1. The Balaban J connectivity index is 1.49. The predicted molar refractivity (Wildman–Crippen MR) is 100 cm³/mol. The molecule has 0 radical (unpaired) electrons. The van der Waals surface area contributed by atoms with Gasteiger partial charge in [-0.3, -0.25) is 4.57 Å². The third kappa shape index (κ3) is 2.87. The number of rotatable bonds is 2. The van der Waals surface area contributed by atoms with E-state index >= 15 is 0 Å². The molecule has 6 nitrogen and oxygen atoms in total. The van der Waals surface area contributed by atoms with E-state index < -0.39 is 5.76 Å². The van der Waals surface area contributed by atoms with Gasteiger partial charge < -0.3 is 14.6 Å². The Morgan fingerprint density at radius 3 is 2.81 bits per heavy atom. The van der Waals surface area contributed by atoms with Crippen LogP contribution in [0.25, 0.3) is 11.1 Å². The zero-order chi connectivity index (χ0) is 18.3. The molecule has 26 heavy (non-hydrogen) atoms. The zero-order valence-corrected chi connectivity index (χ0v) is 14.9. The highest BCUT2D eigenvalue weighted by atomic mass is 16.4. The van der Waals surface area contributed by atoms with Crippen LogP contribution in [-0.2, 0) is 19.9 Å². The van der Waals surface area contributed by atoms with Crippen LogP contribution in [0, 0.1) is 0 Å². The second kappa shape index (κ2) is 6.37. The Bertz CT molecular complexity index is 1030. The normalized spacial score (nSPS) is 16.3. The molecule has 1 N–H and O–H groups in total. The lowest BCUT2D eigenvalue weighted by atomic mass is 9.88. The minimum absolute atomic E-state index is 0.160. The molecule has 1 aliphatic carbocycles. The highest BCUT2D eigenvalue weighted by Gasteiger charge is 2.25. The molecule has 1 unspecified atom stereocenters. The van der Waals surface area contributed by atoms with E-state index in [2.05, 4.69) is 23.5 Å². The van der Waals surface area contributed by atoms with Crippen molar-refractivity contribution in [3.05, 3.63) is 64.1 Å². The summed E-state index contributed by atoms with van der Waals surface area (Å²) >= 11 is 0. The number of benzene rings is 2. The van der Waals surface area contributed by atoms with Crippen LogP contribution in [0.1, 0.15) is 17.5 Å². The van der Waals surface area contributed by atoms with Gasteiger partial charge in [0.2, 0.25) is 0 Å². The quantitative estimate of drug-likeness (QED) is 0.771. The lowest BCUT2D eigenvalue weighted by Gasteiger charge is -2.32. The van der Waals surface area contributed by atoms with Gasteiger partial charge in [-0.25, -0.2) is 9.59 Å². The van der Waals surface area contributed by atoms with Crippen LogP contribution in [0.15, 0.2) is 51.7 Å². The third-order valence-corrected chi connectivity index (χ3v) is 5.23. The van der Waals surface area contributed by atoms with Crippen molar-refractivity contribution in [2.24, 2.45) is 7.05 Å². The maximum absolute atomic E-state index is 12.6. The van der Waals surface area contributed by atoms with Gasteiger partial charge in [-0.15, -0.1) is 0 Å². The monoisotopic (exact) mass is 351 g/mol. The number of oxazole rings is 1. The van der Waals surface area contributed by atoms with Crippen LogP contribution in [0.3, 0.4) is 0 Å². The maximum atomic E-state index is 12.6. The van der Waals surface area contributed by atoms with Crippen molar-refractivity contribution in [2.45, 2.75) is 25.3 Å². The molecule has 2 aromatic carbocycles. The Labute approximate surface area is 151 Å². The third-order valence-electron chi connectivity index (χ3n) is 5.23. The number of fused-ring (bicyclic) bond motifs is 2. The highest BCUT2D eigenvalue weighted by Crippen LogP contribution is 2.24. The number of hydrogen-bond donors (Lipinski definition) is 1. The molecule has 6 heteroatoms. The number of carbonyl (C=O) groups excluding carboxylic acids is 1. The first-order valence-corrected chi connectivity index (χ1v) is 8.73. The molecule has 2 amide bonds. The van der Waals surface area contributed by atoms with Crippen LogP contribution < -0.4 is 11.1 Å². The van der Waals surface area contributed by atoms with Crippen LogP contribution in [-0.4, -0.2) is 28.6 Å².